The first-order chi connectivity index (χ1) is 12.7. The van der Waals surface area contributed by atoms with Crippen LogP contribution in [0.4, 0.5) is 0 Å². The van der Waals surface area contributed by atoms with Crippen LogP contribution in [0.5, 0.6) is 0 Å². The van der Waals surface area contributed by atoms with Gasteiger partial charge >= 0.3 is 0 Å². The molecule has 0 radical (unpaired) electrons. The summed E-state index contributed by atoms with van der Waals surface area (Å²) in [6.45, 7) is 14.7. The van der Waals surface area contributed by atoms with Gasteiger partial charge in [0, 0.05) is 25.1 Å². The van der Waals surface area contributed by atoms with Gasteiger partial charge in [0.15, 0.2) is 5.96 Å². The lowest BCUT2D eigenvalue weighted by molar-refractivity contribution is 0.187. The second kappa shape index (κ2) is 11.2. The van der Waals surface area contributed by atoms with Crippen molar-refractivity contribution >= 4 is 5.96 Å². The maximum atomic E-state index is 5.44. The maximum absolute atomic E-state index is 5.44. The van der Waals surface area contributed by atoms with Gasteiger partial charge in [-0.25, -0.2) is 4.99 Å². The topological polar surface area (TPSA) is 65.7 Å². The molecule has 2 N–H and O–H groups in total. The van der Waals surface area contributed by atoms with Crippen LogP contribution in [-0.4, -0.2) is 48.7 Å². The molecule has 1 aromatic heterocycles. The highest BCUT2D eigenvalue weighted by Crippen LogP contribution is 2.19. The van der Waals surface area contributed by atoms with E-state index in [1.165, 1.54) is 38.9 Å². The third-order valence-electron chi connectivity index (χ3n) is 5.35. The third-order valence-corrected chi connectivity index (χ3v) is 5.35. The molecule has 1 aromatic rings. The highest BCUT2D eigenvalue weighted by atomic mass is 16.5. The molecule has 2 heterocycles. The molecule has 0 unspecified atom stereocenters. The van der Waals surface area contributed by atoms with Gasteiger partial charge in [-0.3, -0.25) is 0 Å². The van der Waals surface area contributed by atoms with Gasteiger partial charge < -0.3 is 20.1 Å². The Hall–Kier alpha value is -1.56. The number of nitrogens with zero attached hydrogens (tertiary/aromatic N) is 3. The Morgan fingerprint density at radius 2 is 1.92 bits per heavy atom. The molecule has 1 aliphatic rings. The quantitative estimate of drug-likeness (QED) is 0.522. The first-order valence-corrected chi connectivity index (χ1v) is 10.4. The number of hydrogen-bond acceptors (Lipinski definition) is 4. The highest BCUT2D eigenvalue weighted by molar-refractivity contribution is 5.79. The van der Waals surface area contributed by atoms with E-state index in [2.05, 4.69) is 48.4 Å². The molecule has 0 saturated carbocycles. The Labute approximate surface area is 158 Å². The van der Waals surface area contributed by atoms with E-state index in [4.69, 9.17) is 9.52 Å². The summed E-state index contributed by atoms with van der Waals surface area (Å²) in [5.74, 6) is 2.69. The van der Waals surface area contributed by atoms with Gasteiger partial charge in [-0.2, -0.15) is 0 Å². The van der Waals surface area contributed by atoms with E-state index in [0.717, 1.165) is 54.8 Å². The third kappa shape index (κ3) is 6.01. The number of piperidine rings is 1. The molecular formula is C20H37N5O. The molecule has 26 heavy (non-hydrogen) atoms. The van der Waals surface area contributed by atoms with Crippen molar-refractivity contribution in [2.75, 3.05) is 32.7 Å². The first kappa shape index (κ1) is 20.7. The number of aryl methyl sites for hydroxylation is 2. The maximum Gasteiger partial charge on any atom is 0.191 e. The molecule has 1 saturated heterocycles. The molecule has 6 nitrogen and oxygen atoms in total. The minimum Gasteiger partial charge on any atom is -0.361 e. The van der Waals surface area contributed by atoms with E-state index in [0.29, 0.717) is 6.54 Å². The lowest BCUT2D eigenvalue weighted by atomic mass is 9.93. The molecule has 1 aliphatic heterocycles. The van der Waals surface area contributed by atoms with Gasteiger partial charge in [-0.1, -0.05) is 25.9 Å². The van der Waals surface area contributed by atoms with Crippen LogP contribution >= 0.6 is 0 Å². The monoisotopic (exact) mass is 363 g/mol. The van der Waals surface area contributed by atoms with Crippen molar-refractivity contribution < 1.29 is 4.52 Å². The molecule has 2 rings (SSSR count). The van der Waals surface area contributed by atoms with Crippen LogP contribution in [0.2, 0.25) is 0 Å². The minimum atomic E-state index is 0.625. The van der Waals surface area contributed by atoms with Crippen LogP contribution in [0.1, 0.15) is 64.0 Å². The number of guanidine groups is 1. The van der Waals surface area contributed by atoms with Gasteiger partial charge in [0.25, 0.3) is 0 Å². The van der Waals surface area contributed by atoms with Crippen molar-refractivity contribution in [1.29, 1.82) is 0 Å². The van der Waals surface area contributed by atoms with Gasteiger partial charge in [0.2, 0.25) is 0 Å². The average Bonchev–Trinajstić information content (AvgIpc) is 3.08. The predicted molar refractivity (Wildman–Crippen MR) is 108 cm³/mol. The van der Waals surface area contributed by atoms with Gasteiger partial charge in [-0.05, 0) is 58.2 Å². The summed E-state index contributed by atoms with van der Waals surface area (Å²) in [5, 5.41) is 11.0. The molecule has 6 heteroatoms. The molecule has 0 bridgehead atoms. The highest BCUT2D eigenvalue weighted by Gasteiger charge is 2.18. The molecule has 0 atom stereocenters. The van der Waals surface area contributed by atoms with E-state index in [1.54, 1.807) is 0 Å². The number of nitrogens with one attached hydrogen (secondary N) is 2. The molecule has 0 aliphatic carbocycles. The fourth-order valence-electron chi connectivity index (χ4n) is 3.60. The first-order valence-electron chi connectivity index (χ1n) is 10.4. The molecule has 148 valence electrons. The SMILES string of the molecule is CCNC(=NCc1c(CC)noc1CC)NCCC1CCN(CC)CC1. The van der Waals surface area contributed by atoms with Crippen molar-refractivity contribution in [2.45, 2.75) is 66.3 Å². The number of rotatable bonds is 9. The number of aromatic nitrogens is 1. The van der Waals surface area contributed by atoms with Crippen molar-refractivity contribution in [1.82, 2.24) is 20.7 Å². The minimum absolute atomic E-state index is 0.625. The van der Waals surface area contributed by atoms with E-state index < -0.39 is 0 Å². The zero-order valence-electron chi connectivity index (χ0n) is 17.1. The Morgan fingerprint density at radius 1 is 1.15 bits per heavy atom. The molecular weight excluding hydrogens is 326 g/mol. The van der Waals surface area contributed by atoms with Crippen molar-refractivity contribution in [3.63, 3.8) is 0 Å². The van der Waals surface area contributed by atoms with Crippen molar-refractivity contribution in [2.24, 2.45) is 10.9 Å². The average molecular weight is 364 g/mol. The summed E-state index contributed by atoms with van der Waals surface area (Å²) in [7, 11) is 0. The lowest BCUT2D eigenvalue weighted by Crippen LogP contribution is -2.39. The Balaban J connectivity index is 1.84. The fraction of sp³-hybridized carbons (Fsp3) is 0.800. The Morgan fingerprint density at radius 3 is 2.54 bits per heavy atom. The zero-order valence-corrected chi connectivity index (χ0v) is 17.1. The van der Waals surface area contributed by atoms with Crippen LogP contribution in [-0.2, 0) is 19.4 Å². The molecule has 0 aromatic carbocycles. The predicted octanol–water partition coefficient (Wildman–Crippen LogP) is 2.98. The summed E-state index contributed by atoms with van der Waals surface area (Å²) in [6.07, 6.45) is 5.61. The van der Waals surface area contributed by atoms with Gasteiger partial charge in [0.1, 0.15) is 5.76 Å². The molecule has 0 spiro atoms. The van der Waals surface area contributed by atoms with Gasteiger partial charge in [0.05, 0.1) is 12.2 Å². The van der Waals surface area contributed by atoms with Crippen LogP contribution in [0.3, 0.4) is 0 Å². The second-order valence-corrected chi connectivity index (χ2v) is 7.03. The number of likely N-dealkylation sites (tertiary alicyclic amines) is 1. The number of hydrogen-bond donors (Lipinski definition) is 2. The van der Waals surface area contributed by atoms with E-state index >= 15 is 0 Å². The Kier molecular flexibility index (Phi) is 8.95. The smallest absolute Gasteiger partial charge is 0.191 e. The number of aliphatic imine (C=N–C) groups is 1. The van der Waals surface area contributed by atoms with E-state index in [9.17, 15) is 0 Å². The van der Waals surface area contributed by atoms with Crippen molar-refractivity contribution in [3.8, 4) is 0 Å². The standard InChI is InChI=1S/C20H37N5O/c1-5-18-17(19(6-2)26-24-18)15-23-20(21-7-3)22-12-9-16-10-13-25(8-4)14-11-16/h16H,5-15H2,1-4H3,(H2,21,22,23). The van der Waals surface area contributed by atoms with E-state index in [1.807, 2.05) is 0 Å². The largest absolute Gasteiger partial charge is 0.361 e. The van der Waals surface area contributed by atoms with Crippen LogP contribution in [0.25, 0.3) is 0 Å². The Bertz CT molecular complexity index is 525. The zero-order chi connectivity index (χ0) is 18.8. The summed E-state index contributed by atoms with van der Waals surface area (Å²) in [5.41, 5.74) is 2.18. The summed E-state index contributed by atoms with van der Waals surface area (Å²) >= 11 is 0. The van der Waals surface area contributed by atoms with E-state index in [-0.39, 0.29) is 0 Å². The summed E-state index contributed by atoms with van der Waals surface area (Å²) < 4.78 is 5.44. The van der Waals surface area contributed by atoms with Crippen LogP contribution < -0.4 is 10.6 Å². The van der Waals surface area contributed by atoms with Crippen molar-refractivity contribution in [3.05, 3.63) is 17.0 Å². The second-order valence-electron chi connectivity index (χ2n) is 7.03. The fourth-order valence-corrected chi connectivity index (χ4v) is 3.60. The molecule has 0 amide bonds. The van der Waals surface area contributed by atoms with Crippen LogP contribution in [0, 0.1) is 5.92 Å². The lowest BCUT2D eigenvalue weighted by Gasteiger charge is -2.31. The summed E-state index contributed by atoms with van der Waals surface area (Å²) in [6, 6.07) is 0. The van der Waals surface area contributed by atoms with Gasteiger partial charge in [-0.15, -0.1) is 0 Å². The molecule has 1 fully saturated rings. The van der Waals surface area contributed by atoms with Crippen LogP contribution in [0.15, 0.2) is 9.52 Å². The normalized spacial score (nSPS) is 16.8. The summed E-state index contributed by atoms with van der Waals surface area (Å²) in [4.78, 5) is 7.31.